The predicted octanol–water partition coefficient (Wildman–Crippen LogP) is 4.78. The summed E-state index contributed by atoms with van der Waals surface area (Å²) in [7, 11) is 0. The summed E-state index contributed by atoms with van der Waals surface area (Å²) in [6.45, 7) is 3.83. The summed E-state index contributed by atoms with van der Waals surface area (Å²) in [4.78, 5) is 1.95. The molecule has 1 aromatic rings. The molecule has 0 N–H and O–H groups in total. The average Bonchev–Trinajstić information content (AvgIpc) is 2.26. The molecule has 0 aliphatic heterocycles. The van der Waals surface area contributed by atoms with E-state index in [-0.39, 0.29) is 5.83 Å². The third-order valence-electron chi connectivity index (χ3n) is 1.92. The van der Waals surface area contributed by atoms with Gasteiger partial charge in [-0.05, 0) is 25.0 Å². The first-order valence-electron chi connectivity index (χ1n) is 4.88. The third-order valence-corrected chi connectivity index (χ3v) is 3.18. The van der Waals surface area contributed by atoms with Crippen molar-refractivity contribution >= 4 is 11.8 Å². The fraction of sp³-hybridized carbons (Fsp3) is 0.333. The number of benzene rings is 1. The van der Waals surface area contributed by atoms with Crippen molar-refractivity contribution in [3.05, 3.63) is 41.1 Å². The van der Waals surface area contributed by atoms with E-state index in [1.54, 1.807) is 0 Å². The Hall–Kier alpha value is -0.760. The van der Waals surface area contributed by atoms with Gasteiger partial charge < -0.3 is 0 Å². The molecule has 1 aromatic carbocycles. The number of allylic oxidation sites excluding steroid dienone is 2. The molecule has 0 radical (unpaired) electrons. The van der Waals surface area contributed by atoms with Gasteiger partial charge >= 0.3 is 0 Å². The van der Waals surface area contributed by atoms with Crippen LogP contribution in [0.1, 0.15) is 26.7 Å². The molecule has 0 unspecified atom stereocenters. The van der Waals surface area contributed by atoms with E-state index in [0.29, 0.717) is 6.42 Å². The molecule has 0 nitrogen and oxygen atoms in total. The zero-order valence-corrected chi connectivity index (χ0v) is 9.40. The molecule has 0 aliphatic rings. The van der Waals surface area contributed by atoms with Crippen molar-refractivity contribution in [1.82, 2.24) is 0 Å². The number of halogens is 1. The maximum absolute atomic E-state index is 13.3. The fourth-order valence-corrected chi connectivity index (χ4v) is 2.12. The second-order valence-corrected chi connectivity index (χ2v) is 4.12. The highest BCUT2D eigenvalue weighted by Crippen LogP contribution is 2.32. The summed E-state index contributed by atoms with van der Waals surface area (Å²) in [5, 5.41) is 0. The van der Waals surface area contributed by atoms with Crippen molar-refractivity contribution in [2.24, 2.45) is 0 Å². The normalized spacial score (nSPS) is 12.5. The smallest absolute Gasteiger partial charge is 0.109 e. The van der Waals surface area contributed by atoms with E-state index in [9.17, 15) is 4.39 Å². The summed E-state index contributed by atoms with van der Waals surface area (Å²) in [6.07, 6.45) is 1.25. The van der Waals surface area contributed by atoms with Crippen LogP contribution in [-0.2, 0) is 0 Å². The van der Waals surface area contributed by atoms with Crippen LogP contribution in [0.5, 0.6) is 0 Å². The molecule has 1 rings (SSSR count). The molecular formula is C12H15FS. The summed E-state index contributed by atoms with van der Waals surface area (Å²) < 4.78 is 13.3. The van der Waals surface area contributed by atoms with Gasteiger partial charge in [-0.15, -0.1) is 0 Å². The lowest BCUT2D eigenvalue weighted by atomic mass is 10.3. The Morgan fingerprint density at radius 2 is 1.79 bits per heavy atom. The highest BCUT2D eigenvalue weighted by atomic mass is 32.2. The van der Waals surface area contributed by atoms with Crippen LogP contribution < -0.4 is 0 Å². The molecule has 2 heteroatoms. The second kappa shape index (κ2) is 5.86. The minimum Gasteiger partial charge on any atom is -0.211 e. The van der Waals surface area contributed by atoms with Crippen LogP contribution in [0.2, 0.25) is 0 Å². The summed E-state index contributed by atoms with van der Waals surface area (Å²) >= 11 is 1.53. The van der Waals surface area contributed by atoms with E-state index in [2.05, 4.69) is 0 Å². The molecule has 76 valence electrons. The average molecular weight is 210 g/mol. The van der Waals surface area contributed by atoms with Crippen molar-refractivity contribution in [3.63, 3.8) is 0 Å². The van der Waals surface area contributed by atoms with Crippen molar-refractivity contribution < 1.29 is 4.39 Å². The summed E-state index contributed by atoms with van der Waals surface area (Å²) in [5.74, 6) is 0.0151. The fourth-order valence-electron chi connectivity index (χ4n) is 1.15. The third kappa shape index (κ3) is 3.18. The highest BCUT2D eigenvalue weighted by molar-refractivity contribution is 8.03. The molecule has 0 amide bonds. The molecule has 0 heterocycles. The standard InChI is InChI=1S/C12H15FS/c1-3-11(13)12(4-2)14-10-8-6-5-7-9-10/h5-9H,3-4H2,1-2H3/b12-11+. The van der Waals surface area contributed by atoms with E-state index in [1.807, 2.05) is 44.2 Å². The lowest BCUT2D eigenvalue weighted by Gasteiger charge is -2.05. The molecule has 0 aromatic heterocycles. The molecule has 0 fully saturated rings. The van der Waals surface area contributed by atoms with Crippen LogP contribution in [0.15, 0.2) is 46.0 Å². The Morgan fingerprint density at radius 3 is 2.29 bits per heavy atom. The Balaban J connectivity index is 2.77. The van der Waals surface area contributed by atoms with E-state index in [4.69, 9.17) is 0 Å². The van der Waals surface area contributed by atoms with Crippen molar-refractivity contribution in [1.29, 1.82) is 0 Å². The zero-order chi connectivity index (χ0) is 10.4. The molecule has 0 spiro atoms. The SMILES string of the molecule is CC/C(F)=C(/CC)Sc1ccccc1. The van der Waals surface area contributed by atoms with E-state index in [1.165, 1.54) is 11.8 Å². The molecule has 0 saturated carbocycles. The maximum atomic E-state index is 13.3. The van der Waals surface area contributed by atoms with Crippen LogP contribution in [0.25, 0.3) is 0 Å². The Morgan fingerprint density at radius 1 is 1.14 bits per heavy atom. The zero-order valence-electron chi connectivity index (χ0n) is 8.59. The number of thioether (sulfide) groups is 1. The largest absolute Gasteiger partial charge is 0.211 e. The van der Waals surface area contributed by atoms with Crippen LogP contribution in [0.3, 0.4) is 0 Å². The first-order chi connectivity index (χ1) is 6.77. The molecule has 0 aliphatic carbocycles. The van der Waals surface area contributed by atoms with Gasteiger partial charge in [0.1, 0.15) is 5.83 Å². The Kier molecular flexibility index (Phi) is 4.74. The van der Waals surface area contributed by atoms with Gasteiger partial charge in [-0.25, -0.2) is 4.39 Å². The minimum atomic E-state index is 0.0151. The predicted molar refractivity (Wildman–Crippen MR) is 61.0 cm³/mol. The van der Waals surface area contributed by atoms with E-state index in [0.717, 1.165) is 16.2 Å². The molecule has 0 bridgehead atoms. The van der Waals surface area contributed by atoms with Crippen LogP contribution in [0.4, 0.5) is 4.39 Å². The van der Waals surface area contributed by atoms with Gasteiger partial charge in [-0.2, -0.15) is 0 Å². The number of hydrogen-bond acceptors (Lipinski definition) is 1. The van der Waals surface area contributed by atoms with E-state index >= 15 is 0 Å². The minimum absolute atomic E-state index is 0.0151. The topological polar surface area (TPSA) is 0 Å². The number of rotatable bonds is 4. The molecule has 0 saturated heterocycles. The lowest BCUT2D eigenvalue weighted by molar-refractivity contribution is 0.596. The molecular weight excluding hydrogens is 195 g/mol. The van der Waals surface area contributed by atoms with Gasteiger partial charge in [0, 0.05) is 9.80 Å². The van der Waals surface area contributed by atoms with Crippen molar-refractivity contribution in [3.8, 4) is 0 Å². The van der Waals surface area contributed by atoms with Crippen LogP contribution >= 0.6 is 11.8 Å². The second-order valence-electron chi connectivity index (χ2n) is 2.95. The highest BCUT2D eigenvalue weighted by Gasteiger charge is 2.04. The van der Waals surface area contributed by atoms with Gasteiger partial charge in [0.2, 0.25) is 0 Å². The van der Waals surface area contributed by atoms with Gasteiger partial charge in [0.15, 0.2) is 0 Å². The van der Waals surface area contributed by atoms with Gasteiger partial charge in [0.25, 0.3) is 0 Å². The molecule has 0 atom stereocenters. The summed E-state index contributed by atoms with van der Waals surface area (Å²) in [6, 6.07) is 9.92. The lowest BCUT2D eigenvalue weighted by Crippen LogP contribution is -1.81. The first kappa shape index (κ1) is 11.3. The van der Waals surface area contributed by atoms with Crippen molar-refractivity contribution in [2.75, 3.05) is 0 Å². The number of hydrogen-bond donors (Lipinski definition) is 0. The van der Waals surface area contributed by atoms with Crippen LogP contribution in [-0.4, -0.2) is 0 Å². The monoisotopic (exact) mass is 210 g/mol. The molecule has 14 heavy (non-hydrogen) atoms. The van der Waals surface area contributed by atoms with Gasteiger partial charge in [0.05, 0.1) is 0 Å². The summed E-state index contributed by atoms with van der Waals surface area (Å²) in [5.41, 5.74) is 0. The van der Waals surface area contributed by atoms with Crippen LogP contribution in [0, 0.1) is 0 Å². The maximum Gasteiger partial charge on any atom is 0.109 e. The van der Waals surface area contributed by atoms with Gasteiger partial charge in [-0.3, -0.25) is 0 Å². The quantitative estimate of drug-likeness (QED) is 0.644. The van der Waals surface area contributed by atoms with E-state index < -0.39 is 0 Å². The van der Waals surface area contributed by atoms with Crippen molar-refractivity contribution in [2.45, 2.75) is 31.6 Å². The van der Waals surface area contributed by atoms with Gasteiger partial charge in [-0.1, -0.05) is 43.8 Å². The Labute approximate surface area is 89.2 Å². The Bertz CT molecular complexity index is 303. The first-order valence-corrected chi connectivity index (χ1v) is 5.70.